The summed E-state index contributed by atoms with van der Waals surface area (Å²) in [5, 5.41) is 3.25. The van der Waals surface area contributed by atoms with Gasteiger partial charge in [-0.25, -0.2) is 0 Å². The van der Waals surface area contributed by atoms with Crippen molar-refractivity contribution in [3.8, 4) is 0 Å². The van der Waals surface area contributed by atoms with Gasteiger partial charge in [-0.15, -0.1) is 0 Å². The van der Waals surface area contributed by atoms with Crippen LogP contribution in [0.4, 0.5) is 0 Å². The minimum absolute atomic E-state index is 0.122. The highest BCUT2D eigenvalue weighted by Crippen LogP contribution is 2.20. The number of nitrogens with one attached hydrogen (secondary N) is 1. The zero-order valence-corrected chi connectivity index (χ0v) is 16.5. The van der Waals surface area contributed by atoms with Gasteiger partial charge < -0.3 is 5.32 Å². The second kappa shape index (κ2) is 9.52. The first kappa shape index (κ1) is 19.4. The fourth-order valence-electron chi connectivity index (χ4n) is 4.34. The SMILES string of the molecule is CCCN1CCCC1C(=O)NCC1CCN(Cc2ccc(C)cc2)CC1. The van der Waals surface area contributed by atoms with Gasteiger partial charge in [-0.2, -0.15) is 0 Å². The standard InChI is InChI=1S/C22H35N3O/c1-3-12-25-13-4-5-21(25)22(26)23-16-19-10-14-24(15-11-19)17-20-8-6-18(2)7-9-20/h6-9,19,21H,3-5,10-17H2,1-2H3,(H,23,26). The van der Waals surface area contributed by atoms with Gasteiger partial charge in [0.1, 0.15) is 0 Å². The molecule has 2 aliphatic heterocycles. The van der Waals surface area contributed by atoms with E-state index in [1.165, 1.54) is 24.0 Å². The lowest BCUT2D eigenvalue weighted by Gasteiger charge is -2.32. The zero-order valence-electron chi connectivity index (χ0n) is 16.5. The Morgan fingerprint density at radius 1 is 1.12 bits per heavy atom. The molecule has 2 aliphatic rings. The molecule has 0 aliphatic carbocycles. The fourth-order valence-corrected chi connectivity index (χ4v) is 4.34. The van der Waals surface area contributed by atoms with Crippen LogP contribution in [0.25, 0.3) is 0 Å². The van der Waals surface area contributed by atoms with Crippen LogP contribution in [0.3, 0.4) is 0 Å². The van der Waals surface area contributed by atoms with Gasteiger partial charge in [-0.05, 0) is 76.7 Å². The van der Waals surface area contributed by atoms with E-state index in [0.717, 1.165) is 58.5 Å². The smallest absolute Gasteiger partial charge is 0.237 e. The summed E-state index contributed by atoms with van der Waals surface area (Å²) in [6, 6.07) is 9.00. The van der Waals surface area contributed by atoms with Gasteiger partial charge in [-0.3, -0.25) is 14.6 Å². The van der Waals surface area contributed by atoms with Crippen molar-refractivity contribution in [2.24, 2.45) is 5.92 Å². The van der Waals surface area contributed by atoms with E-state index in [0.29, 0.717) is 5.92 Å². The molecule has 2 fully saturated rings. The van der Waals surface area contributed by atoms with Gasteiger partial charge in [0.2, 0.25) is 5.91 Å². The quantitative estimate of drug-likeness (QED) is 0.814. The van der Waals surface area contributed by atoms with E-state index in [-0.39, 0.29) is 11.9 Å². The number of rotatable bonds is 7. The van der Waals surface area contributed by atoms with Gasteiger partial charge in [0.15, 0.2) is 0 Å². The van der Waals surface area contributed by atoms with E-state index >= 15 is 0 Å². The molecule has 2 saturated heterocycles. The summed E-state index contributed by atoms with van der Waals surface area (Å²) in [4.78, 5) is 17.4. The maximum Gasteiger partial charge on any atom is 0.237 e. The van der Waals surface area contributed by atoms with Crippen molar-refractivity contribution in [2.45, 2.75) is 58.5 Å². The number of aryl methyl sites for hydroxylation is 1. The fraction of sp³-hybridized carbons (Fsp3) is 0.682. The van der Waals surface area contributed by atoms with Gasteiger partial charge in [-0.1, -0.05) is 36.8 Å². The third kappa shape index (κ3) is 5.31. The molecule has 4 nitrogen and oxygen atoms in total. The molecule has 0 bridgehead atoms. The van der Waals surface area contributed by atoms with E-state index in [4.69, 9.17) is 0 Å². The highest BCUT2D eigenvalue weighted by molar-refractivity contribution is 5.82. The summed E-state index contributed by atoms with van der Waals surface area (Å²) >= 11 is 0. The molecule has 0 spiro atoms. The van der Waals surface area contributed by atoms with E-state index in [2.05, 4.69) is 53.2 Å². The van der Waals surface area contributed by atoms with Crippen LogP contribution in [0, 0.1) is 12.8 Å². The van der Waals surface area contributed by atoms with Crippen molar-refractivity contribution < 1.29 is 4.79 Å². The number of hydrogen-bond donors (Lipinski definition) is 1. The van der Waals surface area contributed by atoms with Gasteiger partial charge in [0, 0.05) is 13.1 Å². The van der Waals surface area contributed by atoms with Crippen LogP contribution in [0.1, 0.15) is 50.2 Å². The maximum atomic E-state index is 12.5. The molecular weight excluding hydrogens is 322 g/mol. The molecule has 3 rings (SSSR count). The molecule has 1 atom stereocenters. The van der Waals surface area contributed by atoms with Gasteiger partial charge in [0.25, 0.3) is 0 Å². The topological polar surface area (TPSA) is 35.6 Å². The second-order valence-electron chi connectivity index (χ2n) is 8.14. The summed E-state index contributed by atoms with van der Waals surface area (Å²) in [6.45, 7) is 10.6. The Bertz CT molecular complexity index is 563. The van der Waals surface area contributed by atoms with Crippen LogP contribution in [-0.4, -0.2) is 54.5 Å². The summed E-state index contributed by atoms with van der Waals surface area (Å²) < 4.78 is 0. The monoisotopic (exact) mass is 357 g/mol. The Labute approximate surface area is 158 Å². The molecule has 26 heavy (non-hydrogen) atoms. The largest absolute Gasteiger partial charge is 0.354 e. The molecule has 0 aromatic heterocycles. The lowest BCUT2D eigenvalue weighted by molar-refractivity contribution is -0.125. The van der Waals surface area contributed by atoms with E-state index in [1.54, 1.807) is 0 Å². The average molecular weight is 358 g/mol. The molecule has 1 amide bonds. The zero-order chi connectivity index (χ0) is 18.4. The lowest BCUT2D eigenvalue weighted by atomic mass is 9.96. The van der Waals surface area contributed by atoms with E-state index < -0.39 is 0 Å². The number of nitrogens with zero attached hydrogens (tertiary/aromatic N) is 2. The summed E-state index contributed by atoms with van der Waals surface area (Å²) in [5.74, 6) is 0.896. The molecule has 1 aromatic rings. The predicted molar refractivity (Wildman–Crippen MR) is 107 cm³/mol. The van der Waals surface area contributed by atoms with E-state index in [9.17, 15) is 4.79 Å². The first-order valence-corrected chi connectivity index (χ1v) is 10.5. The maximum absolute atomic E-state index is 12.5. The Balaban J connectivity index is 1.37. The normalized spacial score (nSPS) is 22.6. The second-order valence-corrected chi connectivity index (χ2v) is 8.14. The molecule has 1 unspecified atom stereocenters. The molecule has 1 N–H and O–H groups in total. The average Bonchev–Trinajstić information content (AvgIpc) is 3.11. The number of benzene rings is 1. The Morgan fingerprint density at radius 3 is 2.54 bits per heavy atom. The molecular formula is C22H35N3O. The number of piperidine rings is 1. The third-order valence-electron chi connectivity index (χ3n) is 5.98. The highest BCUT2D eigenvalue weighted by atomic mass is 16.2. The van der Waals surface area contributed by atoms with Crippen LogP contribution in [-0.2, 0) is 11.3 Å². The van der Waals surface area contributed by atoms with Crippen LogP contribution in [0.5, 0.6) is 0 Å². The van der Waals surface area contributed by atoms with Crippen molar-refractivity contribution in [3.63, 3.8) is 0 Å². The number of carbonyl (C=O) groups excluding carboxylic acids is 1. The Morgan fingerprint density at radius 2 is 1.85 bits per heavy atom. The van der Waals surface area contributed by atoms with Gasteiger partial charge >= 0.3 is 0 Å². The van der Waals surface area contributed by atoms with Gasteiger partial charge in [0.05, 0.1) is 6.04 Å². The number of amides is 1. The first-order chi connectivity index (χ1) is 12.7. The van der Waals surface area contributed by atoms with Crippen LogP contribution in [0.2, 0.25) is 0 Å². The van der Waals surface area contributed by atoms with E-state index in [1.807, 2.05) is 0 Å². The molecule has 144 valence electrons. The number of carbonyl (C=O) groups is 1. The molecule has 0 saturated carbocycles. The molecule has 0 radical (unpaired) electrons. The molecule has 1 aromatic carbocycles. The Kier molecular flexibility index (Phi) is 7.09. The van der Waals surface area contributed by atoms with Crippen molar-refractivity contribution in [2.75, 3.05) is 32.7 Å². The first-order valence-electron chi connectivity index (χ1n) is 10.5. The van der Waals surface area contributed by atoms with Crippen LogP contribution < -0.4 is 5.32 Å². The Hall–Kier alpha value is -1.39. The molecule has 4 heteroatoms. The summed E-state index contributed by atoms with van der Waals surface area (Å²) in [7, 11) is 0. The summed E-state index contributed by atoms with van der Waals surface area (Å²) in [5.41, 5.74) is 2.72. The third-order valence-corrected chi connectivity index (χ3v) is 5.98. The minimum atomic E-state index is 0.122. The minimum Gasteiger partial charge on any atom is -0.354 e. The molecule has 2 heterocycles. The summed E-state index contributed by atoms with van der Waals surface area (Å²) in [6.07, 6.45) is 5.70. The van der Waals surface area contributed by atoms with Crippen LogP contribution >= 0.6 is 0 Å². The van der Waals surface area contributed by atoms with Crippen molar-refractivity contribution in [3.05, 3.63) is 35.4 Å². The van der Waals surface area contributed by atoms with Crippen LogP contribution in [0.15, 0.2) is 24.3 Å². The van der Waals surface area contributed by atoms with Crippen molar-refractivity contribution in [1.29, 1.82) is 0 Å². The van der Waals surface area contributed by atoms with Crippen molar-refractivity contribution >= 4 is 5.91 Å². The highest BCUT2D eigenvalue weighted by Gasteiger charge is 2.30. The lowest BCUT2D eigenvalue weighted by Crippen LogP contribution is -2.46. The van der Waals surface area contributed by atoms with Crippen molar-refractivity contribution in [1.82, 2.24) is 15.1 Å². The predicted octanol–water partition coefficient (Wildman–Crippen LogP) is 3.20. The number of hydrogen-bond acceptors (Lipinski definition) is 3. The number of likely N-dealkylation sites (tertiary alicyclic amines) is 2.